The monoisotopic (exact) mass is 662 g/mol. The van der Waals surface area contributed by atoms with E-state index in [4.69, 9.17) is 18.6 Å². The van der Waals surface area contributed by atoms with Gasteiger partial charge >= 0.3 is 14.2 Å². The molecule has 2 heterocycles. The van der Waals surface area contributed by atoms with Crippen LogP contribution in [0.3, 0.4) is 0 Å². The van der Waals surface area contributed by atoms with E-state index in [2.05, 4.69) is 100 Å². The SMILES string of the molecule is BrCc1ccc(B2OC[C@H]3OB(c4ccc(CBr)c(CBr)c4)OC[C@H]3O2)cc1CBr. The molecule has 0 radical (unpaired) electrons. The van der Waals surface area contributed by atoms with Gasteiger partial charge in [-0.2, -0.15) is 0 Å². The highest BCUT2D eigenvalue weighted by Crippen LogP contribution is 2.23. The van der Waals surface area contributed by atoms with Gasteiger partial charge in [0.2, 0.25) is 0 Å². The molecule has 2 aliphatic rings. The van der Waals surface area contributed by atoms with Crippen molar-refractivity contribution in [2.45, 2.75) is 33.5 Å². The van der Waals surface area contributed by atoms with E-state index in [0.717, 1.165) is 32.2 Å². The van der Waals surface area contributed by atoms with Gasteiger partial charge in [0, 0.05) is 21.3 Å². The Kier molecular flexibility index (Phi) is 8.59. The first-order valence-corrected chi connectivity index (χ1v) is 14.2. The van der Waals surface area contributed by atoms with Gasteiger partial charge in [-0.1, -0.05) is 100 Å². The van der Waals surface area contributed by atoms with Crippen molar-refractivity contribution in [1.29, 1.82) is 0 Å². The van der Waals surface area contributed by atoms with Gasteiger partial charge in [0.25, 0.3) is 0 Å². The Bertz CT molecular complexity index is 816. The average molecular weight is 666 g/mol. The maximum absolute atomic E-state index is 6.20. The zero-order valence-corrected chi connectivity index (χ0v) is 22.5. The van der Waals surface area contributed by atoms with E-state index >= 15 is 0 Å². The lowest BCUT2D eigenvalue weighted by Crippen LogP contribution is -2.60. The lowest BCUT2D eigenvalue weighted by molar-refractivity contribution is -0.0884. The van der Waals surface area contributed by atoms with Gasteiger partial charge in [0.15, 0.2) is 0 Å². The Morgan fingerprint density at radius 2 is 1.03 bits per heavy atom. The van der Waals surface area contributed by atoms with Crippen molar-refractivity contribution in [2.75, 3.05) is 13.2 Å². The number of benzene rings is 2. The summed E-state index contributed by atoms with van der Waals surface area (Å²) in [5.41, 5.74) is 6.99. The first kappa shape index (κ1) is 23.5. The van der Waals surface area contributed by atoms with Gasteiger partial charge < -0.3 is 18.6 Å². The molecule has 0 N–H and O–H groups in total. The van der Waals surface area contributed by atoms with E-state index in [0.29, 0.717) is 13.2 Å². The van der Waals surface area contributed by atoms with Crippen LogP contribution in [0.15, 0.2) is 36.4 Å². The van der Waals surface area contributed by atoms with Crippen molar-refractivity contribution in [3.63, 3.8) is 0 Å². The van der Waals surface area contributed by atoms with Crippen molar-refractivity contribution in [3.05, 3.63) is 58.7 Å². The van der Waals surface area contributed by atoms with Crippen LogP contribution in [0.1, 0.15) is 22.3 Å². The summed E-state index contributed by atoms with van der Waals surface area (Å²) in [6.45, 7) is 0.952. The van der Waals surface area contributed by atoms with Crippen LogP contribution in [-0.4, -0.2) is 39.7 Å². The van der Waals surface area contributed by atoms with Gasteiger partial charge in [-0.15, -0.1) is 0 Å². The van der Waals surface area contributed by atoms with Crippen molar-refractivity contribution >= 4 is 88.9 Å². The topological polar surface area (TPSA) is 36.9 Å². The van der Waals surface area contributed by atoms with Crippen LogP contribution in [-0.2, 0) is 39.9 Å². The summed E-state index contributed by atoms with van der Waals surface area (Å²) < 4.78 is 24.5. The second-order valence-electron chi connectivity index (χ2n) is 7.27. The predicted octanol–water partition coefficient (Wildman–Crippen LogP) is 4.19. The van der Waals surface area contributed by atoms with Crippen LogP contribution in [0.5, 0.6) is 0 Å². The molecule has 0 bridgehead atoms. The van der Waals surface area contributed by atoms with Crippen LogP contribution in [0.2, 0.25) is 0 Å². The first-order chi connectivity index (χ1) is 14.7. The third-order valence-corrected chi connectivity index (χ3v) is 7.83. The molecule has 0 unspecified atom stereocenters. The Hall–Kier alpha value is 0.330. The van der Waals surface area contributed by atoms with Gasteiger partial charge in [-0.3, -0.25) is 0 Å². The minimum Gasteiger partial charge on any atom is -0.405 e. The maximum Gasteiger partial charge on any atom is 0.494 e. The molecule has 0 aromatic heterocycles. The van der Waals surface area contributed by atoms with E-state index in [-0.39, 0.29) is 12.2 Å². The summed E-state index contributed by atoms with van der Waals surface area (Å²) >= 11 is 14.2. The number of alkyl halides is 4. The molecule has 2 fully saturated rings. The lowest BCUT2D eigenvalue weighted by Gasteiger charge is -2.40. The van der Waals surface area contributed by atoms with Gasteiger partial charge in [-0.25, -0.2) is 0 Å². The van der Waals surface area contributed by atoms with Gasteiger partial charge in [0.05, 0.1) is 25.4 Å². The summed E-state index contributed by atoms with van der Waals surface area (Å²) in [6.07, 6.45) is -0.304. The molecule has 0 spiro atoms. The fourth-order valence-corrected chi connectivity index (χ4v) is 5.81. The van der Waals surface area contributed by atoms with E-state index in [1.807, 2.05) is 0 Å². The summed E-state index contributed by atoms with van der Waals surface area (Å²) in [7, 11) is -0.814. The third-order valence-electron chi connectivity index (χ3n) is 5.42. The van der Waals surface area contributed by atoms with Crippen molar-refractivity contribution in [1.82, 2.24) is 0 Å². The molecule has 0 amide bonds. The zero-order chi connectivity index (χ0) is 21.1. The van der Waals surface area contributed by atoms with Crippen LogP contribution >= 0.6 is 63.7 Å². The fraction of sp³-hybridized carbons (Fsp3) is 0.400. The largest absolute Gasteiger partial charge is 0.494 e. The quantitative estimate of drug-likeness (QED) is 0.343. The van der Waals surface area contributed by atoms with Gasteiger partial charge in [-0.05, 0) is 33.2 Å². The molecule has 2 saturated heterocycles. The summed E-state index contributed by atoms with van der Waals surface area (Å²) in [5, 5.41) is 3.22. The van der Waals surface area contributed by atoms with Crippen molar-refractivity contribution in [3.8, 4) is 0 Å². The highest BCUT2D eigenvalue weighted by Gasteiger charge is 2.43. The number of rotatable bonds is 6. The normalized spacial score (nSPS) is 21.6. The molecule has 0 aliphatic carbocycles. The van der Waals surface area contributed by atoms with Gasteiger partial charge in [0.1, 0.15) is 0 Å². The van der Waals surface area contributed by atoms with E-state index in [1.54, 1.807) is 0 Å². The molecule has 30 heavy (non-hydrogen) atoms. The summed E-state index contributed by atoms with van der Waals surface area (Å²) in [6, 6.07) is 12.6. The molecule has 0 saturated carbocycles. The summed E-state index contributed by atoms with van der Waals surface area (Å²) in [4.78, 5) is 0. The number of halogens is 4. The first-order valence-electron chi connectivity index (χ1n) is 9.68. The molecular formula is C20H20B2Br4O4. The number of hydrogen-bond acceptors (Lipinski definition) is 4. The van der Waals surface area contributed by atoms with Crippen LogP contribution < -0.4 is 10.9 Å². The Morgan fingerprint density at radius 1 is 0.633 bits per heavy atom. The van der Waals surface area contributed by atoms with E-state index in [9.17, 15) is 0 Å². The zero-order valence-electron chi connectivity index (χ0n) is 16.2. The van der Waals surface area contributed by atoms with E-state index in [1.165, 1.54) is 22.3 Å². The molecule has 2 atom stereocenters. The molecule has 2 aliphatic heterocycles. The Balaban J connectivity index is 1.43. The molecule has 158 valence electrons. The molecule has 2 aromatic rings. The van der Waals surface area contributed by atoms with Crippen molar-refractivity contribution < 1.29 is 18.6 Å². The lowest BCUT2D eigenvalue weighted by atomic mass is 9.74. The Morgan fingerprint density at radius 3 is 1.40 bits per heavy atom. The van der Waals surface area contributed by atoms with Crippen molar-refractivity contribution in [2.24, 2.45) is 0 Å². The fourth-order valence-electron chi connectivity index (χ4n) is 3.67. The number of hydrogen-bond donors (Lipinski definition) is 0. The van der Waals surface area contributed by atoms with E-state index < -0.39 is 14.2 Å². The summed E-state index contributed by atoms with van der Waals surface area (Å²) in [5.74, 6) is 0. The van der Waals surface area contributed by atoms with Crippen LogP contribution in [0.25, 0.3) is 0 Å². The number of fused-ring (bicyclic) bond motifs is 1. The third kappa shape index (κ3) is 5.11. The highest BCUT2D eigenvalue weighted by atomic mass is 79.9. The molecule has 4 rings (SSSR count). The predicted molar refractivity (Wildman–Crippen MR) is 136 cm³/mol. The second-order valence-corrected chi connectivity index (χ2v) is 9.51. The second kappa shape index (κ2) is 11.0. The molecule has 2 aromatic carbocycles. The van der Waals surface area contributed by atoms with Crippen LogP contribution in [0.4, 0.5) is 0 Å². The van der Waals surface area contributed by atoms with Crippen LogP contribution in [0, 0.1) is 0 Å². The molecule has 4 nitrogen and oxygen atoms in total. The minimum atomic E-state index is -0.407. The average Bonchev–Trinajstić information content (AvgIpc) is 2.82. The standard InChI is InChI=1S/C20H20B2Br4O4/c23-7-13-1-3-17(5-15(13)9-25)21-27-11-20-19(29-21)12-28-22(30-20)18-4-2-14(8-24)16(6-18)10-26/h1-6,19-20H,7-12H2/t19-,20-/m1/s1. The molecule has 10 heteroatoms. The maximum atomic E-state index is 6.20. The smallest absolute Gasteiger partial charge is 0.405 e. The highest BCUT2D eigenvalue weighted by molar-refractivity contribution is 9.09. The minimum absolute atomic E-state index is 0.152. The Labute approximate surface area is 211 Å². The molecular weight excluding hydrogens is 645 g/mol.